The van der Waals surface area contributed by atoms with E-state index in [1.165, 1.54) is 5.56 Å². The van der Waals surface area contributed by atoms with Crippen LogP contribution < -0.4 is 5.32 Å². The maximum atomic E-state index is 12.2. The molecule has 0 atom stereocenters. The van der Waals surface area contributed by atoms with Crippen LogP contribution in [0.2, 0.25) is 0 Å². The quantitative estimate of drug-likeness (QED) is 0.764. The number of rotatable bonds is 5. The van der Waals surface area contributed by atoms with E-state index in [4.69, 9.17) is 4.98 Å². The highest BCUT2D eigenvalue weighted by atomic mass is 32.1. The van der Waals surface area contributed by atoms with E-state index in [2.05, 4.69) is 37.8 Å². The number of fused-ring (bicyclic) bond motifs is 1. The van der Waals surface area contributed by atoms with Crippen molar-refractivity contribution in [3.8, 4) is 0 Å². The zero-order valence-electron chi connectivity index (χ0n) is 14.2. The highest BCUT2D eigenvalue weighted by molar-refractivity contribution is 7.07. The average Bonchev–Trinajstić information content (AvgIpc) is 3.33. The molecule has 1 N–H and O–H groups in total. The number of carbonyl (C=O) groups is 1. The van der Waals surface area contributed by atoms with Crippen LogP contribution in [-0.2, 0) is 33.2 Å². The van der Waals surface area contributed by atoms with Gasteiger partial charge in [-0.15, -0.1) is 0 Å². The lowest BCUT2D eigenvalue weighted by atomic mass is 10.3. The summed E-state index contributed by atoms with van der Waals surface area (Å²) in [7, 11) is 1.87. The lowest BCUT2D eigenvalue weighted by molar-refractivity contribution is 0.0942. The Morgan fingerprint density at radius 3 is 3.04 bits per heavy atom. The summed E-state index contributed by atoms with van der Waals surface area (Å²) < 4.78 is 4.02. The van der Waals surface area contributed by atoms with E-state index < -0.39 is 0 Å². The number of carbonyl (C=O) groups excluding carboxylic acids is 1. The summed E-state index contributed by atoms with van der Waals surface area (Å²) in [5.74, 6) is 1.00. The number of nitrogens with zero attached hydrogens (tertiary/aromatic N) is 4. The van der Waals surface area contributed by atoms with E-state index in [0.717, 1.165) is 37.7 Å². The molecule has 0 saturated carbocycles. The number of aromatic nitrogens is 3. The second kappa shape index (κ2) is 6.85. The van der Waals surface area contributed by atoms with Crippen molar-refractivity contribution in [3.05, 3.63) is 64.1 Å². The van der Waals surface area contributed by atoms with Gasteiger partial charge in [-0.05, 0) is 34.5 Å². The predicted octanol–water partition coefficient (Wildman–Crippen LogP) is 2.23. The highest BCUT2D eigenvalue weighted by Gasteiger charge is 2.19. The Morgan fingerprint density at radius 2 is 2.28 bits per heavy atom. The van der Waals surface area contributed by atoms with Gasteiger partial charge in [0.2, 0.25) is 0 Å². The molecule has 4 heterocycles. The summed E-state index contributed by atoms with van der Waals surface area (Å²) in [4.78, 5) is 19.3. The summed E-state index contributed by atoms with van der Waals surface area (Å²) >= 11 is 1.74. The molecule has 3 aromatic rings. The zero-order valence-corrected chi connectivity index (χ0v) is 15.0. The molecule has 0 fully saturated rings. The molecule has 0 radical (unpaired) electrons. The average molecular weight is 355 g/mol. The number of imidazole rings is 1. The monoisotopic (exact) mass is 355 g/mol. The van der Waals surface area contributed by atoms with Gasteiger partial charge in [0.15, 0.2) is 0 Å². The fourth-order valence-corrected chi connectivity index (χ4v) is 3.84. The summed E-state index contributed by atoms with van der Waals surface area (Å²) in [5, 5.41) is 7.27. The molecule has 1 amide bonds. The SMILES string of the molecule is Cn1cccc1C(=O)NCc1cn2c(n1)CN(Cc1ccsc1)CC2. The van der Waals surface area contributed by atoms with Crippen molar-refractivity contribution < 1.29 is 4.79 Å². The van der Waals surface area contributed by atoms with E-state index >= 15 is 0 Å². The molecule has 0 aromatic carbocycles. The van der Waals surface area contributed by atoms with Crippen LogP contribution in [0.4, 0.5) is 0 Å². The van der Waals surface area contributed by atoms with Crippen LogP contribution in [0.5, 0.6) is 0 Å². The number of aryl methyl sites for hydroxylation is 1. The van der Waals surface area contributed by atoms with Crippen molar-refractivity contribution in [3.63, 3.8) is 0 Å². The molecular formula is C18H21N5OS. The minimum Gasteiger partial charge on any atom is -0.347 e. The normalized spacial score (nSPS) is 14.4. The first-order valence-electron chi connectivity index (χ1n) is 8.37. The lowest BCUT2D eigenvalue weighted by Crippen LogP contribution is -2.33. The van der Waals surface area contributed by atoms with E-state index in [9.17, 15) is 4.79 Å². The molecule has 4 rings (SSSR count). The molecule has 0 bridgehead atoms. The summed E-state index contributed by atoms with van der Waals surface area (Å²) in [6, 6.07) is 5.86. The smallest absolute Gasteiger partial charge is 0.268 e. The van der Waals surface area contributed by atoms with Crippen molar-refractivity contribution in [1.29, 1.82) is 0 Å². The van der Waals surface area contributed by atoms with E-state index in [0.29, 0.717) is 12.2 Å². The summed E-state index contributed by atoms with van der Waals surface area (Å²) in [5.41, 5.74) is 2.93. The van der Waals surface area contributed by atoms with Crippen LogP contribution >= 0.6 is 11.3 Å². The van der Waals surface area contributed by atoms with E-state index in [1.807, 2.05) is 29.9 Å². The van der Waals surface area contributed by atoms with Crippen LogP contribution in [0.3, 0.4) is 0 Å². The third-order valence-electron chi connectivity index (χ3n) is 4.52. The fourth-order valence-electron chi connectivity index (χ4n) is 3.18. The second-order valence-electron chi connectivity index (χ2n) is 6.37. The Hall–Kier alpha value is -2.38. The first-order valence-corrected chi connectivity index (χ1v) is 9.31. The molecule has 130 valence electrons. The van der Waals surface area contributed by atoms with Crippen molar-refractivity contribution in [2.24, 2.45) is 7.05 Å². The van der Waals surface area contributed by atoms with Gasteiger partial charge in [0.1, 0.15) is 11.5 Å². The minimum absolute atomic E-state index is 0.0717. The van der Waals surface area contributed by atoms with Gasteiger partial charge in [-0.2, -0.15) is 11.3 Å². The van der Waals surface area contributed by atoms with Gasteiger partial charge in [-0.3, -0.25) is 9.69 Å². The van der Waals surface area contributed by atoms with Crippen molar-refractivity contribution in [1.82, 2.24) is 24.3 Å². The molecule has 1 aliphatic rings. The van der Waals surface area contributed by atoms with E-state index in [1.54, 1.807) is 11.3 Å². The Balaban J connectivity index is 1.37. The van der Waals surface area contributed by atoms with E-state index in [-0.39, 0.29) is 5.91 Å². The molecule has 1 aliphatic heterocycles. The third-order valence-corrected chi connectivity index (χ3v) is 5.26. The van der Waals surface area contributed by atoms with Crippen molar-refractivity contribution >= 4 is 17.2 Å². The zero-order chi connectivity index (χ0) is 17.2. The first kappa shape index (κ1) is 16.1. The Labute approximate surface area is 150 Å². The van der Waals surface area contributed by atoms with Gasteiger partial charge in [0.25, 0.3) is 5.91 Å². The number of nitrogens with one attached hydrogen (secondary N) is 1. The maximum Gasteiger partial charge on any atom is 0.268 e. The largest absolute Gasteiger partial charge is 0.347 e. The van der Waals surface area contributed by atoms with Gasteiger partial charge in [-0.1, -0.05) is 0 Å². The molecule has 6 nitrogen and oxygen atoms in total. The van der Waals surface area contributed by atoms with Gasteiger partial charge >= 0.3 is 0 Å². The van der Waals surface area contributed by atoms with Crippen molar-refractivity contribution in [2.45, 2.75) is 26.2 Å². The lowest BCUT2D eigenvalue weighted by Gasteiger charge is -2.27. The first-order chi connectivity index (χ1) is 12.2. The Morgan fingerprint density at radius 1 is 1.36 bits per heavy atom. The number of amides is 1. The van der Waals surface area contributed by atoms with Gasteiger partial charge in [-0.25, -0.2) is 4.98 Å². The molecule has 0 unspecified atom stereocenters. The number of hydrogen-bond donors (Lipinski definition) is 1. The van der Waals surface area contributed by atoms with Crippen LogP contribution in [0.15, 0.2) is 41.4 Å². The van der Waals surface area contributed by atoms with Gasteiger partial charge in [0, 0.05) is 39.1 Å². The molecule has 25 heavy (non-hydrogen) atoms. The van der Waals surface area contributed by atoms with Crippen molar-refractivity contribution in [2.75, 3.05) is 6.54 Å². The summed E-state index contributed by atoms with van der Waals surface area (Å²) in [6.45, 7) is 4.23. The standard InChI is InChI=1S/C18H21N5OS/c1-21-5-2-3-16(21)18(24)19-9-15-11-23-7-6-22(12-17(23)20-15)10-14-4-8-25-13-14/h2-5,8,11,13H,6-7,9-10,12H2,1H3,(H,19,24). The molecule has 7 heteroatoms. The highest BCUT2D eigenvalue weighted by Crippen LogP contribution is 2.17. The molecule has 0 spiro atoms. The Bertz CT molecular complexity index is 864. The topological polar surface area (TPSA) is 55.1 Å². The number of hydrogen-bond acceptors (Lipinski definition) is 4. The van der Waals surface area contributed by atoms with Crippen LogP contribution in [0, 0.1) is 0 Å². The molecule has 0 aliphatic carbocycles. The maximum absolute atomic E-state index is 12.2. The van der Waals surface area contributed by atoms with Gasteiger partial charge < -0.3 is 14.5 Å². The van der Waals surface area contributed by atoms with Crippen LogP contribution in [0.1, 0.15) is 27.6 Å². The number of thiophene rings is 1. The summed E-state index contributed by atoms with van der Waals surface area (Å²) in [6.07, 6.45) is 3.93. The molecule has 0 saturated heterocycles. The Kier molecular flexibility index (Phi) is 4.42. The minimum atomic E-state index is -0.0717. The predicted molar refractivity (Wildman–Crippen MR) is 97.2 cm³/mol. The molecule has 3 aromatic heterocycles. The van der Waals surface area contributed by atoms with Gasteiger partial charge in [0.05, 0.1) is 18.8 Å². The second-order valence-corrected chi connectivity index (χ2v) is 7.15. The molecular weight excluding hydrogens is 334 g/mol. The third kappa shape index (κ3) is 3.52. The fraction of sp³-hybridized carbons (Fsp3) is 0.333. The van der Waals surface area contributed by atoms with Crippen LogP contribution in [-0.4, -0.2) is 31.5 Å². The van der Waals surface area contributed by atoms with Crippen LogP contribution in [0.25, 0.3) is 0 Å².